The van der Waals surface area contributed by atoms with Gasteiger partial charge < -0.3 is 0 Å². The first-order chi connectivity index (χ1) is 8.59. The van der Waals surface area contributed by atoms with E-state index in [4.69, 9.17) is 0 Å². The molecule has 0 aliphatic heterocycles. The van der Waals surface area contributed by atoms with E-state index in [1.165, 1.54) is 5.56 Å². The minimum absolute atomic E-state index is 0.356. The van der Waals surface area contributed by atoms with Crippen LogP contribution in [0.3, 0.4) is 0 Å². The summed E-state index contributed by atoms with van der Waals surface area (Å²) in [6, 6.07) is 10.2. The molecule has 2 aromatic rings. The fourth-order valence-corrected chi connectivity index (χ4v) is 2.69. The molecule has 0 saturated carbocycles. The van der Waals surface area contributed by atoms with E-state index in [1.807, 2.05) is 29.1 Å². The maximum absolute atomic E-state index is 4.44. The van der Waals surface area contributed by atoms with Crippen LogP contribution in [0.1, 0.15) is 31.2 Å². The number of hydrogen-bond acceptors (Lipinski definition) is 1. The Kier molecular flexibility index (Phi) is 4.23. The normalized spacial score (nSPS) is 14.7. The van der Waals surface area contributed by atoms with E-state index in [-0.39, 0.29) is 0 Å². The fraction of sp³-hybridized carbons (Fsp3) is 0.400. The SMILES string of the molecule is CC(C)C(C)C(Br)c1cnn(-c2ccccc2)c1. The highest BCUT2D eigenvalue weighted by molar-refractivity contribution is 9.09. The number of aromatic nitrogens is 2. The molecule has 96 valence electrons. The van der Waals surface area contributed by atoms with Gasteiger partial charge in [0, 0.05) is 16.6 Å². The molecule has 3 heteroatoms. The lowest BCUT2D eigenvalue weighted by Gasteiger charge is -2.20. The van der Waals surface area contributed by atoms with Gasteiger partial charge in [0.2, 0.25) is 0 Å². The lowest BCUT2D eigenvalue weighted by atomic mass is 9.92. The first kappa shape index (κ1) is 13.3. The highest BCUT2D eigenvalue weighted by Crippen LogP contribution is 2.35. The third kappa shape index (κ3) is 2.83. The van der Waals surface area contributed by atoms with Crippen LogP contribution in [0.25, 0.3) is 5.69 Å². The van der Waals surface area contributed by atoms with Crippen LogP contribution in [0.4, 0.5) is 0 Å². The zero-order chi connectivity index (χ0) is 13.1. The number of rotatable bonds is 4. The Labute approximate surface area is 117 Å². The molecule has 1 heterocycles. The first-order valence-corrected chi connectivity index (χ1v) is 7.25. The monoisotopic (exact) mass is 306 g/mol. The second-order valence-corrected chi connectivity index (χ2v) is 6.05. The highest BCUT2D eigenvalue weighted by Gasteiger charge is 2.20. The summed E-state index contributed by atoms with van der Waals surface area (Å²) in [6.07, 6.45) is 4.05. The number of benzene rings is 1. The minimum atomic E-state index is 0.356. The van der Waals surface area contributed by atoms with Gasteiger partial charge in [0.25, 0.3) is 0 Å². The van der Waals surface area contributed by atoms with Crippen molar-refractivity contribution < 1.29 is 0 Å². The molecule has 2 unspecified atom stereocenters. The summed E-state index contributed by atoms with van der Waals surface area (Å²) in [5.74, 6) is 1.23. The summed E-state index contributed by atoms with van der Waals surface area (Å²) in [5.41, 5.74) is 2.33. The van der Waals surface area contributed by atoms with Crippen molar-refractivity contribution in [2.45, 2.75) is 25.6 Å². The molecule has 0 saturated heterocycles. The topological polar surface area (TPSA) is 17.8 Å². The Morgan fingerprint density at radius 1 is 1.11 bits per heavy atom. The van der Waals surface area contributed by atoms with Gasteiger partial charge in [-0.05, 0) is 24.0 Å². The smallest absolute Gasteiger partial charge is 0.0645 e. The molecule has 0 amide bonds. The summed E-state index contributed by atoms with van der Waals surface area (Å²) >= 11 is 3.78. The summed E-state index contributed by atoms with van der Waals surface area (Å²) in [4.78, 5) is 0.356. The van der Waals surface area contributed by atoms with Crippen molar-refractivity contribution in [1.82, 2.24) is 9.78 Å². The molecule has 2 rings (SSSR count). The molecule has 0 fully saturated rings. The highest BCUT2D eigenvalue weighted by atomic mass is 79.9. The van der Waals surface area contributed by atoms with E-state index < -0.39 is 0 Å². The Morgan fingerprint density at radius 3 is 2.39 bits per heavy atom. The lowest BCUT2D eigenvalue weighted by molar-refractivity contribution is 0.414. The average Bonchev–Trinajstić information content (AvgIpc) is 2.87. The van der Waals surface area contributed by atoms with E-state index in [2.05, 4.69) is 60.1 Å². The fourth-order valence-electron chi connectivity index (χ4n) is 1.84. The van der Waals surface area contributed by atoms with Crippen molar-refractivity contribution in [3.05, 3.63) is 48.3 Å². The van der Waals surface area contributed by atoms with Gasteiger partial charge in [0.05, 0.1) is 11.9 Å². The molecular formula is C15H19BrN2. The summed E-state index contributed by atoms with van der Waals surface area (Å²) in [5, 5.41) is 4.44. The van der Waals surface area contributed by atoms with Gasteiger partial charge in [-0.15, -0.1) is 0 Å². The molecule has 18 heavy (non-hydrogen) atoms. The average molecular weight is 307 g/mol. The zero-order valence-electron chi connectivity index (χ0n) is 11.0. The summed E-state index contributed by atoms with van der Waals surface area (Å²) in [7, 11) is 0. The summed E-state index contributed by atoms with van der Waals surface area (Å²) < 4.78 is 1.93. The van der Waals surface area contributed by atoms with Gasteiger partial charge in [0.15, 0.2) is 0 Å². The van der Waals surface area contributed by atoms with Crippen LogP contribution >= 0.6 is 15.9 Å². The molecule has 0 bridgehead atoms. The first-order valence-electron chi connectivity index (χ1n) is 6.33. The van der Waals surface area contributed by atoms with E-state index in [9.17, 15) is 0 Å². The molecule has 0 radical (unpaired) electrons. The van der Waals surface area contributed by atoms with Crippen LogP contribution in [0, 0.1) is 11.8 Å². The quantitative estimate of drug-likeness (QED) is 0.755. The molecule has 0 aliphatic carbocycles. The number of hydrogen-bond donors (Lipinski definition) is 0. The second-order valence-electron chi connectivity index (χ2n) is 5.06. The van der Waals surface area contributed by atoms with Gasteiger partial charge in [-0.25, -0.2) is 4.68 Å². The van der Waals surface area contributed by atoms with Crippen molar-refractivity contribution >= 4 is 15.9 Å². The zero-order valence-corrected chi connectivity index (χ0v) is 12.6. The molecule has 0 spiro atoms. The van der Waals surface area contributed by atoms with Gasteiger partial charge in [0.1, 0.15) is 0 Å². The van der Waals surface area contributed by atoms with E-state index >= 15 is 0 Å². The molecular weight excluding hydrogens is 288 g/mol. The molecule has 2 atom stereocenters. The maximum Gasteiger partial charge on any atom is 0.0645 e. The van der Waals surface area contributed by atoms with Crippen LogP contribution in [-0.2, 0) is 0 Å². The Hall–Kier alpha value is -1.09. The van der Waals surface area contributed by atoms with Gasteiger partial charge in [-0.1, -0.05) is 54.9 Å². The van der Waals surface area contributed by atoms with Gasteiger partial charge in [-0.3, -0.25) is 0 Å². The van der Waals surface area contributed by atoms with Crippen molar-refractivity contribution in [1.29, 1.82) is 0 Å². The predicted octanol–water partition coefficient (Wildman–Crippen LogP) is 4.60. The van der Waals surface area contributed by atoms with E-state index in [0.717, 1.165) is 5.69 Å². The minimum Gasteiger partial charge on any atom is -0.241 e. The van der Waals surface area contributed by atoms with Crippen LogP contribution in [-0.4, -0.2) is 9.78 Å². The Morgan fingerprint density at radius 2 is 1.78 bits per heavy atom. The second kappa shape index (κ2) is 5.70. The van der Waals surface area contributed by atoms with E-state index in [0.29, 0.717) is 16.7 Å². The van der Waals surface area contributed by atoms with Crippen molar-refractivity contribution in [2.24, 2.45) is 11.8 Å². The lowest BCUT2D eigenvalue weighted by Crippen LogP contribution is -2.09. The van der Waals surface area contributed by atoms with Crippen molar-refractivity contribution in [2.75, 3.05) is 0 Å². The third-order valence-electron chi connectivity index (χ3n) is 3.45. The number of nitrogens with zero attached hydrogens (tertiary/aromatic N) is 2. The predicted molar refractivity (Wildman–Crippen MR) is 79.2 cm³/mol. The molecule has 0 aliphatic rings. The standard InChI is InChI=1S/C15H19BrN2/c1-11(2)12(3)15(16)13-9-17-18(10-13)14-7-5-4-6-8-14/h4-12,15H,1-3H3. The van der Waals surface area contributed by atoms with Crippen LogP contribution in [0.5, 0.6) is 0 Å². The number of alkyl halides is 1. The van der Waals surface area contributed by atoms with Crippen LogP contribution < -0.4 is 0 Å². The molecule has 1 aromatic carbocycles. The van der Waals surface area contributed by atoms with Crippen LogP contribution in [0.15, 0.2) is 42.7 Å². The Bertz CT molecular complexity index is 490. The number of para-hydroxylation sites is 1. The number of halogens is 1. The third-order valence-corrected chi connectivity index (χ3v) is 4.82. The van der Waals surface area contributed by atoms with E-state index in [1.54, 1.807) is 0 Å². The van der Waals surface area contributed by atoms with Gasteiger partial charge >= 0.3 is 0 Å². The maximum atomic E-state index is 4.44. The van der Waals surface area contributed by atoms with Crippen molar-refractivity contribution in [3.63, 3.8) is 0 Å². The Balaban J connectivity index is 2.21. The molecule has 0 N–H and O–H groups in total. The molecule has 2 nitrogen and oxygen atoms in total. The largest absolute Gasteiger partial charge is 0.241 e. The molecule has 1 aromatic heterocycles. The van der Waals surface area contributed by atoms with Crippen LogP contribution in [0.2, 0.25) is 0 Å². The van der Waals surface area contributed by atoms with Gasteiger partial charge in [-0.2, -0.15) is 5.10 Å². The summed E-state index contributed by atoms with van der Waals surface area (Å²) in [6.45, 7) is 6.77. The van der Waals surface area contributed by atoms with Crippen molar-refractivity contribution in [3.8, 4) is 5.69 Å².